The van der Waals surface area contributed by atoms with E-state index in [2.05, 4.69) is 34.3 Å². The topological polar surface area (TPSA) is 37.0 Å². The smallest absolute Gasteiger partial charge is 0.231 e. The monoisotopic (exact) mass is 263 g/mol. The van der Waals surface area contributed by atoms with Gasteiger partial charge in [-0.25, -0.2) is 0 Å². The Hall–Kier alpha value is -1.46. The van der Waals surface area contributed by atoms with Crippen LogP contribution in [0.1, 0.15) is 0 Å². The number of rotatable bonds is 3. The highest BCUT2D eigenvalue weighted by atomic mass is 16.7. The van der Waals surface area contributed by atoms with Crippen molar-refractivity contribution in [1.82, 2.24) is 10.2 Å². The molecule has 0 spiro atoms. The van der Waals surface area contributed by atoms with Crippen LogP contribution >= 0.6 is 0 Å². The van der Waals surface area contributed by atoms with Gasteiger partial charge in [-0.05, 0) is 26.2 Å². The lowest BCUT2D eigenvalue weighted by molar-refractivity contribution is 0.174. The third-order valence-electron chi connectivity index (χ3n) is 3.81. The first-order valence-electron chi connectivity index (χ1n) is 6.77. The number of nitrogens with zero attached hydrogens (tertiary/aromatic N) is 2. The number of hydrogen-bond acceptors (Lipinski definition) is 5. The summed E-state index contributed by atoms with van der Waals surface area (Å²) >= 11 is 0. The van der Waals surface area contributed by atoms with Crippen LogP contribution in [0.2, 0.25) is 0 Å². The van der Waals surface area contributed by atoms with Crippen LogP contribution in [0, 0.1) is 0 Å². The van der Waals surface area contributed by atoms with Crippen molar-refractivity contribution in [2.75, 3.05) is 52.0 Å². The Morgan fingerprint density at radius 2 is 2.11 bits per heavy atom. The molecule has 0 saturated carbocycles. The molecule has 1 atom stereocenters. The number of piperazine rings is 1. The Balaban J connectivity index is 1.82. The lowest BCUT2D eigenvalue weighted by Crippen LogP contribution is -2.55. The Labute approximate surface area is 114 Å². The molecule has 0 amide bonds. The molecule has 3 rings (SSSR count). The van der Waals surface area contributed by atoms with Gasteiger partial charge in [-0.15, -0.1) is 0 Å². The van der Waals surface area contributed by atoms with Gasteiger partial charge in [0.05, 0.1) is 6.04 Å². The largest absolute Gasteiger partial charge is 0.454 e. The van der Waals surface area contributed by atoms with E-state index in [0.717, 1.165) is 37.7 Å². The minimum Gasteiger partial charge on any atom is -0.454 e. The lowest BCUT2D eigenvalue weighted by Gasteiger charge is -2.41. The van der Waals surface area contributed by atoms with Gasteiger partial charge in [0.1, 0.15) is 0 Å². The molecule has 1 N–H and O–H groups in total. The third-order valence-corrected chi connectivity index (χ3v) is 3.81. The average molecular weight is 263 g/mol. The van der Waals surface area contributed by atoms with E-state index in [0.29, 0.717) is 12.8 Å². The summed E-state index contributed by atoms with van der Waals surface area (Å²) in [6, 6.07) is 6.72. The molecular weight excluding hydrogens is 242 g/mol. The predicted octanol–water partition coefficient (Wildman–Crippen LogP) is 0.755. The second-order valence-electron chi connectivity index (χ2n) is 5.20. The Morgan fingerprint density at radius 1 is 1.26 bits per heavy atom. The maximum Gasteiger partial charge on any atom is 0.231 e. The second kappa shape index (κ2) is 5.27. The van der Waals surface area contributed by atoms with Gasteiger partial charge in [0.15, 0.2) is 11.5 Å². The van der Waals surface area contributed by atoms with E-state index in [4.69, 9.17) is 9.47 Å². The summed E-state index contributed by atoms with van der Waals surface area (Å²) < 4.78 is 10.8. The summed E-state index contributed by atoms with van der Waals surface area (Å²) in [4.78, 5) is 4.84. The first kappa shape index (κ1) is 12.6. The highest BCUT2D eigenvalue weighted by molar-refractivity contribution is 5.58. The van der Waals surface area contributed by atoms with Crippen LogP contribution in [0.4, 0.5) is 5.69 Å². The highest BCUT2D eigenvalue weighted by Crippen LogP contribution is 2.36. The van der Waals surface area contributed by atoms with Crippen LogP contribution in [0.5, 0.6) is 11.5 Å². The number of hydrogen-bond donors (Lipinski definition) is 1. The maximum atomic E-state index is 5.47. The molecule has 1 aromatic rings. The number of anilines is 1. The molecule has 1 aromatic carbocycles. The minimum absolute atomic E-state index is 0.335. The fourth-order valence-corrected chi connectivity index (χ4v) is 2.82. The van der Waals surface area contributed by atoms with Crippen molar-refractivity contribution in [3.63, 3.8) is 0 Å². The molecule has 0 radical (unpaired) electrons. The van der Waals surface area contributed by atoms with Gasteiger partial charge in [0.2, 0.25) is 6.79 Å². The van der Waals surface area contributed by atoms with Gasteiger partial charge >= 0.3 is 0 Å². The van der Waals surface area contributed by atoms with Gasteiger partial charge in [-0.2, -0.15) is 0 Å². The maximum absolute atomic E-state index is 5.47. The van der Waals surface area contributed by atoms with Crippen molar-refractivity contribution < 1.29 is 9.47 Å². The van der Waals surface area contributed by atoms with Crippen LogP contribution in [0.25, 0.3) is 0 Å². The molecule has 0 aliphatic carbocycles. The zero-order valence-corrected chi connectivity index (χ0v) is 11.6. The van der Waals surface area contributed by atoms with E-state index in [1.54, 1.807) is 0 Å². The normalized spacial score (nSPS) is 22.8. The molecular formula is C14H21N3O2. The fraction of sp³-hybridized carbons (Fsp3) is 0.571. The van der Waals surface area contributed by atoms with Crippen LogP contribution in [0.15, 0.2) is 18.2 Å². The molecule has 1 unspecified atom stereocenters. The van der Waals surface area contributed by atoms with Gasteiger partial charge in [-0.1, -0.05) is 0 Å². The SMILES string of the molecule is CNCC1CN(C)CCN1c1ccc2c(c1)OCO2. The zero-order chi connectivity index (χ0) is 13.2. The number of likely N-dealkylation sites (N-methyl/N-ethyl adjacent to an activating group) is 2. The highest BCUT2D eigenvalue weighted by Gasteiger charge is 2.26. The summed E-state index contributed by atoms with van der Waals surface area (Å²) in [6.45, 7) is 4.53. The quantitative estimate of drug-likeness (QED) is 0.871. The molecule has 0 aromatic heterocycles. The average Bonchev–Trinajstić information content (AvgIpc) is 2.86. The molecule has 19 heavy (non-hydrogen) atoms. The van der Waals surface area contributed by atoms with Crippen molar-refractivity contribution in [3.8, 4) is 11.5 Å². The predicted molar refractivity (Wildman–Crippen MR) is 75.1 cm³/mol. The van der Waals surface area contributed by atoms with Crippen molar-refractivity contribution in [3.05, 3.63) is 18.2 Å². The standard InChI is InChI=1S/C14H21N3O2/c1-15-8-12-9-16(2)5-6-17(12)11-3-4-13-14(7-11)19-10-18-13/h3-4,7,12,15H,5-6,8-10H2,1-2H3. The molecule has 1 fully saturated rings. The van der Waals surface area contributed by atoms with E-state index in [-0.39, 0.29) is 0 Å². The van der Waals surface area contributed by atoms with Crippen LogP contribution in [0.3, 0.4) is 0 Å². The first-order valence-corrected chi connectivity index (χ1v) is 6.77. The van der Waals surface area contributed by atoms with Gasteiger partial charge in [0, 0.05) is 37.9 Å². The van der Waals surface area contributed by atoms with Gasteiger partial charge < -0.3 is 24.6 Å². The molecule has 0 bridgehead atoms. The molecule has 2 aliphatic heterocycles. The van der Waals surface area contributed by atoms with E-state index < -0.39 is 0 Å². The van der Waals surface area contributed by atoms with Crippen molar-refractivity contribution in [2.45, 2.75) is 6.04 Å². The van der Waals surface area contributed by atoms with Gasteiger partial charge in [0.25, 0.3) is 0 Å². The number of nitrogens with one attached hydrogen (secondary N) is 1. The molecule has 5 heteroatoms. The first-order chi connectivity index (χ1) is 9.28. The van der Waals surface area contributed by atoms with Crippen molar-refractivity contribution in [1.29, 1.82) is 0 Å². The van der Waals surface area contributed by atoms with Crippen molar-refractivity contribution in [2.24, 2.45) is 0 Å². The van der Waals surface area contributed by atoms with Crippen LogP contribution in [-0.2, 0) is 0 Å². The van der Waals surface area contributed by atoms with Crippen molar-refractivity contribution >= 4 is 5.69 Å². The Bertz CT molecular complexity index is 452. The van der Waals surface area contributed by atoms with Crippen LogP contribution < -0.4 is 19.7 Å². The molecule has 104 valence electrons. The fourth-order valence-electron chi connectivity index (χ4n) is 2.82. The Morgan fingerprint density at radius 3 is 2.95 bits per heavy atom. The second-order valence-corrected chi connectivity index (χ2v) is 5.20. The van der Waals surface area contributed by atoms with Crippen LogP contribution in [-0.4, -0.2) is 58.0 Å². The van der Waals surface area contributed by atoms with E-state index >= 15 is 0 Å². The molecule has 2 aliphatic rings. The third kappa shape index (κ3) is 2.48. The summed E-state index contributed by atoms with van der Waals surface area (Å²) in [5.74, 6) is 1.71. The summed E-state index contributed by atoms with van der Waals surface area (Å²) in [6.07, 6.45) is 0. The van der Waals surface area contributed by atoms with E-state index in [1.165, 1.54) is 5.69 Å². The minimum atomic E-state index is 0.335. The summed E-state index contributed by atoms with van der Waals surface area (Å²) in [7, 11) is 4.19. The molecule has 5 nitrogen and oxygen atoms in total. The van der Waals surface area contributed by atoms with E-state index in [9.17, 15) is 0 Å². The summed E-state index contributed by atoms with van der Waals surface area (Å²) in [5.41, 5.74) is 1.22. The summed E-state index contributed by atoms with van der Waals surface area (Å²) in [5, 5.41) is 3.29. The molecule has 2 heterocycles. The number of benzene rings is 1. The van der Waals surface area contributed by atoms with E-state index in [1.807, 2.05) is 13.1 Å². The lowest BCUT2D eigenvalue weighted by atomic mass is 10.1. The number of ether oxygens (including phenoxy) is 2. The Kier molecular flexibility index (Phi) is 3.48. The molecule has 1 saturated heterocycles. The zero-order valence-electron chi connectivity index (χ0n) is 11.6. The van der Waals surface area contributed by atoms with Gasteiger partial charge in [-0.3, -0.25) is 0 Å². The number of fused-ring (bicyclic) bond motifs is 1.